The molecule has 3 rings (SSSR count). The number of hydrogen-bond acceptors (Lipinski definition) is 21. The van der Waals surface area contributed by atoms with Crippen LogP contribution in [-0.4, -0.2) is 108 Å². The number of aliphatic hydroxyl groups is 2. The number of fused-ring (bicyclic) bond motifs is 1. The number of nitrogens with zero attached hydrogens (tertiary/aromatic N) is 4. The Morgan fingerprint density at radius 1 is 0.870 bits per heavy atom. The van der Waals surface area contributed by atoms with Crippen molar-refractivity contribution in [1.82, 2.24) is 48.6 Å². The molecular weight excluding hydrogens is 993 g/mol. The van der Waals surface area contributed by atoms with Crippen molar-refractivity contribution in [3.63, 3.8) is 0 Å². The van der Waals surface area contributed by atoms with Gasteiger partial charge in [0.05, 0.1) is 19.5 Å². The van der Waals surface area contributed by atoms with Crippen LogP contribution >= 0.6 is 35.2 Å². The summed E-state index contributed by atoms with van der Waals surface area (Å²) >= 11 is 1.15. The van der Waals surface area contributed by atoms with Gasteiger partial charge >= 0.3 is 0 Å². The Morgan fingerprint density at radius 3 is 2.01 bits per heavy atom. The molecule has 4 unspecified atom stereocenters. The van der Waals surface area contributed by atoms with Gasteiger partial charge in [0.2, 0.25) is 11.8 Å². The molecule has 31 heteroatoms. The molecule has 1 saturated heterocycles. The number of phosphoric ester groups is 3. The summed E-state index contributed by atoms with van der Waals surface area (Å²) < 4.78 is 61.1. The minimum atomic E-state index is -5.90. The number of anilines is 1. The predicted octanol–water partition coefficient (Wildman–Crippen LogP) is 3.77. The number of aromatic nitrogens is 4. The number of nitrogens with one attached hydrogen (secondary N) is 2. The Balaban J connectivity index is 0.0000154. The molecule has 1 aliphatic rings. The van der Waals surface area contributed by atoms with E-state index in [1.165, 1.54) is 84.5 Å². The monoisotopic (exact) mass is 1070 g/mol. The smallest absolute Gasteiger partial charge is 0.274 e. The summed E-state index contributed by atoms with van der Waals surface area (Å²) in [5.41, 5.74) is 4.14. The van der Waals surface area contributed by atoms with Crippen molar-refractivity contribution in [2.24, 2.45) is 5.41 Å². The van der Waals surface area contributed by atoms with Gasteiger partial charge in [0, 0.05) is 37.1 Å². The number of carbonyl (C=O) groups is 3. The number of nitrogen functional groups attached to an aromatic ring is 1. The largest absolute Gasteiger partial charge is 0.756 e. The highest BCUT2D eigenvalue weighted by Gasteiger charge is 2.48. The zero-order valence-corrected chi connectivity index (χ0v) is 44.1. The van der Waals surface area contributed by atoms with Crippen LogP contribution in [0.4, 0.5) is 5.82 Å². The van der Waals surface area contributed by atoms with Crippen LogP contribution in [0, 0.1) is 5.41 Å². The van der Waals surface area contributed by atoms with Crippen molar-refractivity contribution < 1.29 is 80.5 Å². The molecule has 0 radical (unpaired) electrons. The quantitative estimate of drug-likeness (QED) is 0.0356. The van der Waals surface area contributed by atoms with E-state index in [-0.39, 0.29) is 60.1 Å². The Kier molecular flexibility index (Phi) is 31.3. The third kappa shape index (κ3) is 24.6. The number of ether oxygens (including phenoxy) is 1. The van der Waals surface area contributed by atoms with E-state index in [0.29, 0.717) is 12.2 Å². The molecule has 27 nitrogen and oxygen atoms in total. The normalized spacial score (nSPS) is 20.0. The molecule has 0 bridgehead atoms. The summed E-state index contributed by atoms with van der Waals surface area (Å²) in [7, 11) is -17.3. The van der Waals surface area contributed by atoms with Crippen molar-refractivity contribution in [3.05, 3.63) is 12.7 Å². The third-order valence-corrected chi connectivity index (χ3v) is 14.4. The molecule has 0 aliphatic carbocycles. The molecule has 0 saturated carbocycles. The van der Waals surface area contributed by atoms with E-state index >= 15 is 0 Å². The molecule has 0 spiro atoms. The molecule has 402 valence electrons. The van der Waals surface area contributed by atoms with E-state index in [1.54, 1.807) is 0 Å². The Hall–Kier alpha value is -2.56. The first kappa shape index (κ1) is 66.4. The summed E-state index contributed by atoms with van der Waals surface area (Å²) in [4.78, 5) is 94.8. The van der Waals surface area contributed by atoms with Crippen LogP contribution in [0.1, 0.15) is 130 Å². The molecule has 1 fully saturated rings. The third-order valence-electron chi connectivity index (χ3n) is 10.5. The van der Waals surface area contributed by atoms with Crippen molar-refractivity contribution >= 4 is 69.1 Å². The lowest BCUT2D eigenvalue weighted by molar-refractivity contribution is -0.247. The average molecular weight is 1070 g/mol. The van der Waals surface area contributed by atoms with Gasteiger partial charge in [-0.3, -0.25) is 32.6 Å². The van der Waals surface area contributed by atoms with Gasteiger partial charge in [-0.15, -0.1) is 0 Å². The van der Waals surface area contributed by atoms with E-state index in [9.17, 15) is 57.9 Å². The fourth-order valence-electron chi connectivity index (χ4n) is 6.81. The molecule has 3 heterocycles. The van der Waals surface area contributed by atoms with Crippen LogP contribution in [-0.2, 0) is 50.7 Å². The molecule has 2 aromatic heterocycles. The molecule has 2 aromatic rings. The van der Waals surface area contributed by atoms with Gasteiger partial charge < -0.3 is 82.9 Å². The summed E-state index contributed by atoms with van der Waals surface area (Å²) in [6.07, 6.45) is 10.4. The second-order valence-electron chi connectivity index (χ2n) is 16.6. The number of hydrogen-bond donors (Lipinski definition) is 9. The number of thioether (sulfide) groups is 1. The fourth-order valence-corrected chi connectivity index (χ4v) is 10.3. The molecule has 2 amide bonds. The van der Waals surface area contributed by atoms with E-state index in [0.717, 1.165) is 48.2 Å². The SMILES string of the molecule is CCCCCCCCCCCCCCCCC(=O)SCCNC(=O)CCNC(=O)[C@H](O)C(C)(C)COP(=O)([O-])OP(=O)([O-])OC[C@H]1O[C@@H](n2cnc3c(N)ncnc32)C(O)[C@H]1OP(=O)([O-])O.[NH4+].[NH4+].[NH4+]. The highest BCUT2D eigenvalue weighted by molar-refractivity contribution is 8.13. The first-order valence-electron chi connectivity index (χ1n) is 22.0. The molecule has 19 N–H and O–H groups in total. The van der Waals surface area contributed by atoms with E-state index < -0.39 is 84.6 Å². The van der Waals surface area contributed by atoms with Gasteiger partial charge in [0.15, 0.2) is 22.8 Å². The van der Waals surface area contributed by atoms with E-state index in [2.05, 4.69) is 50.4 Å². The molecular formula is C38H77N10O17P3S. The maximum Gasteiger partial charge on any atom is 0.274 e. The van der Waals surface area contributed by atoms with Gasteiger partial charge in [0.1, 0.15) is 36.3 Å². The lowest BCUT2D eigenvalue weighted by Crippen LogP contribution is -2.46. The average Bonchev–Trinajstić information content (AvgIpc) is 3.80. The van der Waals surface area contributed by atoms with Crippen molar-refractivity contribution in [3.8, 4) is 0 Å². The number of unbranched alkanes of at least 4 members (excludes halogenated alkanes) is 13. The lowest BCUT2D eigenvalue weighted by atomic mass is 9.87. The Labute approximate surface area is 407 Å². The van der Waals surface area contributed by atoms with Crippen LogP contribution in [0.5, 0.6) is 0 Å². The topological polar surface area (TPSA) is 482 Å². The van der Waals surface area contributed by atoms with Crippen LogP contribution in [0.15, 0.2) is 12.7 Å². The van der Waals surface area contributed by atoms with Crippen molar-refractivity contribution in [2.75, 3.05) is 37.8 Å². The van der Waals surface area contributed by atoms with Crippen molar-refractivity contribution in [1.29, 1.82) is 0 Å². The number of amides is 2. The summed E-state index contributed by atoms with van der Waals surface area (Å²) in [5.74, 6) is -1.11. The van der Waals surface area contributed by atoms with Crippen LogP contribution < -0.4 is 49.5 Å². The summed E-state index contributed by atoms with van der Waals surface area (Å²) in [6.45, 7) is 2.46. The zero-order valence-electron chi connectivity index (χ0n) is 40.6. The molecule has 69 heavy (non-hydrogen) atoms. The van der Waals surface area contributed by atoms with Crippen LogP contribution in [0.25, 0.3) is 11.2 Å². The van der Waals surface area contributed by atoms with Gasteiger partial charge in [0.25, 0.3) is 23.5 Å². The number of phosphoric acid groups is 3. The summed E-state index contributed by atoms with van der Waals surface area (Å²) in [6, 6.07) is 0. The van der Waals surface area contributed by atoms with E-state index in [1.807, 2.05) is 0 Å². The number of aliphatic hydroxyl groups excluding tert-OH is 2. The number of nitrogens with two attached hydrogens (primary N) is 1. The van der Waals surface area contributed by atoms with Gasteiger partial charge in [-0.1, -0.05) is 116 Å². The second kappa shape index (κ2) is 32.5. The standard InChI is InChI=1S/C38H68N7O17P3S.3H3N/c1-4-5-6-7-8-9-10-11-12-13-14-15-16-17-18-29(47)66-22-21-40-28(46)19-20-41-36(50)33(49)38(2,3)24-59-65(56,57)62-64(54,55)58-23-27-32(61-63(51,52)53)31(48)37(60-27)45-26-44-30-34(39)42-25-43-35(30)45;;;/h25-27,31-33,37,48-49H,4-24H2,1-3H3,(H,40,46)(H,41,50)(H,54,55)(H,56,57)(H2,39,42,43)(H2,51,52,53);3*1H3/t27-,31?,32+,33+,37-;;;/m1.../s1. The highest BCUT2D eigenvalue weighted by atomic mass is 32.2. The summed E-state index contributed by atoms with van der Waals surface area (Å²) in [5, 5.41) is 26.5. The van der Waals surface area contributed by atoms with Crippen LogP contribution in [0.3, 0.4) is 0 Å². The number of carbonyl (C=O) groups excluding carboxylic acids is 3. The number of rotatable bonds is 34. The maximum absolute atomic E-state index is 12.6. The highest BCUT2D eigenvalue weighted by Crippen LogP contribution is 2.56. The number of quaternary nitrogens is 3. The minimum absolute atomic E-state index is 0. The predicted molar refractivity (Wildman–Crippen MR) is 253 cm³/mol. The molecule has 8 atom stereocenters. The minimum Gasteiger partial charge on any atom is -0.756 e. The Bertz CT molecular complexity index is 1990. The number of imidazole rings is 1. The Morgan fingerprint density at radius 2 is 1.43 bits per heavy atom. The molecule has 0 aromatic carbocycles. The maximum atomic E-state index is 12.6. The van der Waals surface area contributed by atoms with Crippen molar-refractivity contribution in [2.45, 2.75) is 154 Å². The lowest BCUT2D eigenvalue weighted by Gasteiger charge is -2.35. The first-order chi connectivity index (χ1) is 31.1. The first-order valence-corrected chi connectivity index (χ1v) is 27.5. The van der Waals surface area contributed by atoms with Crippen LogP contribution in [0.2, 0.25) is 0 Å². The second-order valence-corrected chi connectivity index (χ2v) is 21.8. The van der Waals surface area contributed by atoms with E-state index in [4.69, 9.17) is 10.5 Å². The zero-order chi connectivity index (χ0) is 49.0. The fraction of sp³-hybridized carbons (Fsp3) is 0.789. The van der Waals surface area contributed by atoms with Gasteiger partial charge in [-0.2, -0.15) is 0 Å². The molecule has 1 aliphatic heterocycles. The van der Waals surface area contributed by atoms with Gasteiger partial charge in [-0.05, 0) is 6.42 Å². The van der Waals surface area contributed by atoms with Gasteiger partial charge in [-0.25, -0.2) is 19.3 Å².